The van der Waals surface area contributed by atoms with Gasteiger partial charge in [0.15, 0.2) is 5.96 Å². The molecule has 2 aliphatic rings. The molecule has 2 aromatic rings. The highest BCUT2D eigenvalue weighted by molar-refractivity contribution is 5.80. The molecule has 1 saturated carbocycles. The maximum atomic E-state index is 4.78. The van der Waals surface area contributed by atoms with Gasteiger partial charge in [-0.2, -0.15) is 0 Å². The topological polar surface area (TPSA) is 57.0 Å². The molecule has 2 aromatic heterocycles. The van der Waals surface area contributed by atoms with E-state index in [-0.39, 0.29) is 0 Å². The Bertz CT molecular complexity index is 791. The lowest BCUT2D eigenvalue weighted by Gasteiger charge is -2.20. The van der Waals surface area contributed by atoms with Gasteiger partial charge in [0.1, 0.15) is 5.65 Å². The molecule has 0 amide bonds. The van der Waals surface area contributed by atoms with Crippen LogP contribution in [-0.4, -0.2) is 52.0 Å². The number of likely N-dealkylation sites (tertiary alicyclic amines) is 1. The number of guanidine groups is 1. The predicted octanol–water partition coefficient (Wildman–Crippen LogP) is 2.18. The predicted molar refractivity (Wildman–Crippen MR) is 105 cm³/mol. The lowest BCUT2D eigenvalue weighted by molar-refractivity contribution is 0.315. The molecule has 2 fully saturated rings. The largest absolute Gasteiger partial charge is 0.357 e. The van der Waals surface area contributed by atoms with Crippen molar-refractivity contribution in [1.29, 1.82) is 0 Å². The SMILES string of the molecule is CCNC(=NCc1cn2ccc(C)cc2n1)NC1CN(C2CC2)CC1C. The Morgan fingerprint density at radius 2 is 2.19 bits per heavy atom. The average molecular weight is 355 g/mol. The summed E-state index contributed by atoms with van der Waals surface area (Å²) in [7, 11) is 0. The van der Waals surface area contributed by atoms with Crippen LogP contribution in [0.4, 0.5) is 0 Å². The van der Waals surface area contributed by atoms with E-state index in [2.05, 4.69) is 70.2 Å². The third kappa shape index (κ3) is 3.85. The number of fused-ring (bicyclic) bond motifs is 1. The molecule has 1 aliphatic carbocycles. The number of imidazole rings is 1. The van der Waals surface area contributed by atoms with E-state index in [0.717, 1.165) is 36.4 Å². The van der Waals surface area contributed by atoms with Crippen LogP contribution in [0.1, 0.15) is 37.9 Å². The number of aliphatic imine (C=N–C) groups is 1. The van der Waals surface area contributed by atoms with Gasteiger partial charge < -0.3 is 15.0 Å². The number of pyridine rings is 1. The summed E-state index contributed by atoms with van der Waals surface area (Å²) < 4.78 is 2.06. The van der Waals surface area contributed by atoms with Gasteiger partial charge in [0.2, 0.25) is 0 Å². The van der Waals surface area contributed by atoms with Gasteiger partial charge in [0, 0.05) is 44.1 Å². The molecule has 26 heavy (non-hydrogen) atoms. The minimum atomic E-state index is 0.470. The molecule has 4 rings (SSSR count). The molecule has 6 nitrogen and oxygen atoms in total. The number of nitrogens with zero attached hydrogens (tertiary/aromatic N) is 4. The van der Waals surface area contributed by atoms with Gasteiger partial charge in [0.25, 0.3) is 0 Å². The number of hydrogen-bond acceptors (Lipinski definition) is 3. The van der Waals surface area contributed by atoms with Crippen LogP contribution in [0.3, 0.4) is 0 Å². The molecule has 0 bridgehead atoms. The Hall–Kier alpha value is -2.08. The van der Waals surface area contributed by atoms with Crippen LogP contribution in [-0.2, 0) is 6.54 Å². The van der Waals surface area contributed by atoms with E-state index in [4.69, 9.17) is 4.99 Å². The van der Waals surface area contributed by atoms with Crippen LogP contribution >= 0.6 is 0 Å². The molecule has 140 valence electrons. The van der Waals surface area contributed by atoms with Crippen molar-refractivity contribution in [3.63, 3.8) is 0 Å². The van der Waals surface area contributed by atoms with Crippen molar-refractivity contribution in [1.82, 2.24) is 24.9 Å². The molecule has 2 N–H and O–H groups in total. The summed E-state index contributed by atoms with van der Waals surface area (Å²) in [5.74, 6) is 1.55. The first kappa shape index (κ1) is 17.3. The van der Waals surface area contributed by atoms with Crippen LogP contribution in [0.2, 0.25) is 0 Å². The minimum absolute atomic E-state index is 0.470. The number of nitrogens with one attached hydrogen (secondary N) is 2. The molecule has 2 atom stereocenters. The number of aryl methyl sites for hydroxylation is 1. The van der Waals surface area contributed by atoms with Gasteiger partial charge in [0.05, 0.1) is 12.2 Å². The van der Waals surface area contributed by atoms with E-state index in [1.165, 1.54) is 24.9 Å². The first-order valence-corrected chi connectivity index (χ1v) is 9.85. The van der Waals surface area contributed by atoms with Gasteiger partial charge in [-0.25, -0.2) is 9.98 Å². The quantitative estimate of drug-likeness (QED) is 0.638. The van der Waals surface area contributed by atoms with E-state index in [1.807, 2.05) is 0 Å². The Kier molecular flexibility index (Phi) is 4.85. The summed E-state index contributed by atoms with van der Waals surface area (Å²) in [4.78, 5) is 12.1. The standard InChI is InChI=1S/C20H30N6/c1-4-21-20(24-18-13-26(11-15(18)3)17-5-6-17)22-10-16-12-25-8-7-14(2)9-19(25)23-16/h7-9,12,15,17-18H,4-6,10-11,13H2,1-3H3,(H2,21,22,24). The fourth-order valence-electron chi connectivity index (χ4n) is 3.80. The van der Waals surface area contributed by atoms with Crippen LogP contribution in [0.25, 0.3) is 5.65 Å². The van der Waals surface area contributed by atoms with Gasteiger partial charge >= 0.3 is 0 Å². The molecule has 2 unspecified atom stereocenters. The average Bonchev–Trinajstić information content (AvgIpc) is 3.29. The van der Waals surface area contributed by atoms with E-state index in [9.17, 15) is 0 Å². The highest BCUT2D eigenvalue weighted by atomic mass is 15.3. The van der Waals surface area contributed by atoms with E-state index in [0.29, 0.717) is 18.5 Å². The third-order valence-electron chi connectivity index (χ3n) is 5.43. The lowest BCUT2D eigenvalue weighted by Crippen LogP contribution is -2.46. The van der Waals surface area contributed by atoms with Gasteiger partial charge in [-0.15, -0.1) is 0 Å². The summed E-state index contributed by atoms with van der Waals surface area (Å²) in [6.07, 6.45) is 6.87. The molecule has 1 saturated heterocycles. The van der Waals surface area contributed by atoms with Crippen LogP contribution in [0, 0.1) is 12.8 Å². The Morgan fingerprint density at radius 1 is 1.35 bits per heavy atom. The summed E-state index contributed by atoms with van der Waals surface area (Å²) in [5, 5.41) is 7.04. The zero-order valence-corrected chi connectivity index (χ0v) is 16.1. The third-order valence-corrected chi connectivity index (χ3v) is 5.43. The first-order chi connectivity index (χ1) is 12.6. The summed E-state index contributed by atoms with van der Waals surface area (Å²) in [5.41, 5.74) is 3.20. The second-order valence-electron chi connectivity index (χ2n) is 7.81. The highest BCUT2D eigenvalue weighted by Gasteiger charge is 2.38. The second kappa shape index (κ2) is 7.27. The van der Waals surface area contributed by atoms with Crippen molar-refractivity contribution < 1.29 is 0 Å². The Balaban J connectivity index is 1.43. The smallest absolute Gasteiger partial charge is 0.191 e. The Labute approximate surface area is 155 Å². The van der Waals surface area contributed by atoms with Gasteiger partial charge in [-0.1, -0.05) is 6.92 Å². The van der Waals surface area contributed by atoms with Gasteiger partial charge in [-0.05, 0) is 50.3 Å². The molecule has 0 spiro atoms. The number of rotatable bonds is 5. The van der Waals surface area contributed by atoms with Crippen LogP contribution in [0.15, 0.2) is 29.5 Å². The normalized spacial score (nSPS) is 24.3. The fourth-order valence-corrected chi connectivity index (χ4v) is 3.80. The van der Waals surface area contributed by atoms with Gasteiger partial charge in [-0.3, -0.25) is 4.90 Å². The summed E-state index contributed by atoms with van der Waals surface area (Å²) in [6, 6.07) is 5.51. The summed E-state index contributed by atoms with van der Waals surface area (Å²) >= 11 is 0. The number of aromatic nitrogens is 2. The zero-order valence-electron chi connectivity index (χ0n) is 16.1. The van der Waals surface area contributed by atoms with Crippen molar-refractivity contribution in [2.24, 2.45) is 10.9 Å². The van der Waals surface area contributed by atoms with Crippen LogP contribution < -0.4 is 10.6 Å². The maximum Gasteiger partial charge on any atom is 0.191 e. The molecular formula is C20H30N6. The molecule has 0 aromatic carbocycles. The zero-order chi connectivity index (χ0) is 18.1. The first-order valence-electron chi connectivity index (χ1n) is 9.85. The lowest BCUT2D eigenvalue weighted by atomic mass is 10.1. The number of hydrogen-bond donors (Lipinski definition) is 2. The molecule has 6 heteroatoms. The van der Waals surface area contributed by atoms with E-state index in [1.54, 1.807) is 0 Å². The molecule has 3 heterocycles. The maximum absolute atomic E-state index is 4.78. The van der Waals surface area contributed by atoms with Crippen molar-refractivity contribution in [2.75, 3.05) is 19.6 Å². The Morgan fingerprint density at radius 3 is 2.96 bits per heavy atom. The highest BCUT2D eigenvalue weighted by Crippen LogP contribution is 2.31. The van der Waals surface area contributed by atoms with E-state index >= 15 is 0 Å². The monoisotopic (exact) mass is 354 g/mol. The molecular weight excluding hydrogens is 324 g/mol. The molecule has 0 radical (unpaired) electrons. The van der Waals surface area contributed by atoms with Crippen molar-refractivity contribution in [3.8, 4) is 0 Å². The summed E-state index contributed by atoms with van der Waals surface area (Å²) in [6.45, 7) is 10.3. The molecule has 1 aliphatic heterocycles. The van der Waals surface area contributed by atoms with Crippen molar-refractivity contribution >= 4 is 11.6 Å². The van der Waals surface area contributed by atoms with Crippen LogP contribution in [0.5, 0.6) is 0 Å². The van der Waals surface area contributed by atoms with Crippen molar-refractivity contribution in [2.45, 2.75) is 52.2 Å². The minimum Gasteiger partial charge on any atom is -0.357 e. The second-order valence-corrected chi connectivity index (χ2v) is 7.81. The van der Waals surface area contributed by atoms with E-state index < -0.39 is 0 Å². The van der Waals surface area contributed by atoms with Crippen molar-refractivity contribution in [3.05, 3.63) is 35.8 Å². The fraction of sp³-hybridized carbons (Fsp3) is 0.600.